The average molecular weight is 431 g/mol. The van der Waals surface area contributed by atoms with Crippen molar-refractivity contribution in [3.05, 3.63) is 102 Å². The van der Waals surface area contributed by atoms with Crippen molar-refractivity contribution in [2.45, 2.75) is 25.0 Å². The molecule has 4 rings (SSSR count). The first kappa shape index (κ1) is 21.9. The molecule has 5 nitrogen and oxygen atoms in total. The smallest absolute Gasteiger partial charge is 0.315 e. The van der Waals surface area contributed by atoms with Gasteiger partial charge >= 0.3 is 6.03 Å². The largest absolute Gasteiger partial charge is 0.497 e. The highest BCUT2D eigenvalue weighted by Gasteiger charge is 2.28. The van der Waals surface area contributed by atoms with Crippen LogP contribution in [0.4, 0.5) is 4.79 Å². The Bertz CT molecular complexity index is 977. The number of ether oxygens (including phenoxy) is 2. The van der Waals surface area contributed by atoms with Crippen molar-refractivity contribution >= 4 is 6.03 Å². The average Bonchev–Trinajstić information content (AvgIpc) is 2.87. The molecule has 3 aromatic rings. The lowest BCUT2D eigenvalue weighted by Crippen LogP contribution is -2.42. The molecule has 1 fully saturated rings. The first-order valence-electron chi connectivity index (χ1n) is 11.1. The van der Waals surface area contributed by atoms with E-state index in [0.29, 0.717) is 6.54 Å². The second kappa shape index (κ2) is 10.8. The summed E-state index contributed by atoms with van der Waals surface area (Å²) in [6.45, 7) is 1.32. The van der Waals surface area contributed by atoms with E-state index in [1.807, 2.05) is 72.8 Å². The highest BCUT2D eigenvalue weighted by atomic mass is 16.5. The van der Waals surface area contributed by atoms with Gasteiger partial charge in [-0.15, -0.1) is 0 Å². The number of carbonyl (C=O) groups is 1. The maximum Gasteiger partial charge on any atom is 0.315 e. The first-order valence-corrected chi connectivity index (χ1v) is 11.1. The van der Waals surface area contributed by atoms with Crippen molar-refractivity contribution < 1.29 is 14.3 Å². The third kappa shape index (κ3) is 5.48. The quantitative estimate of drug-likeness (QED) is 0.538. The van der Waals surface area contributed by atoms with E-state index in [0.717, 1.165) is 36.3 Å². The Morgan fingerprint density at radius 3 is 2.31 bits per heavy atom. The summed E-state index contributed by atoms with van der Waals surface area (Å²) in [5.74, 6) is 1.03. The van der Waals surface area contributed by atoms with Crippen molar-refractivity contribution in [1.29, 1.82) is 0 Å². The second-order valence-corrected chi connectivity index (χ2v) is 8.08. The fourth-order valence-corrected chi connectivity index (χ4v) is 4.27. The van der Waals surface area contributed by atoms with Crippen molar-refractivity contribution in [2.75, 3.05) is 20.3 Å². The number of nitrogens with one attached hydrogen (secondary N) is 2. The van der Waals surface area contributed by atoms with E-state index in [2.05, 4.69) is 22.8 Å². The Morgan fingerprint density at radius 1 is 0.969 bits per heavy atom. The van der Waals surface area contributed by atoms with Gasteiger partial charge in [0.05, 0.1) is 19.3 Å². The molecule has 1 saturated heterocycles. The number of urea groups is 1. The van der Waals surface area contributed by atoms with Gasteiger partial charge in [0, 0.05) is 19.1 Å². The van der Waals surface area contributed by atoms with Gasteiger partial charge < -0.3 is 20.1 Å². The predicted octanol–water partition coefficient (Wildman–Crippen LogP) is 5.25. The highest BCUT2D eigenvalue weighted by molar-refractivity contribution is 5.75. The lowest BCUT2D eigenvalue weighted by atomic mass is 9.89. The summed E-state index contributed by atoms with van der Waals surface area (Å²) in [5, 5.41) is 6.24. The van der Waals surface area contributed by atoms with Crippen LogP contribution in [0.25, 0.3) is 0 Å². The summed E-state index contributed by atoms with van der Waals surface area (Å²) in [6, 6.07) is 27.6. The van der Waals surface area contributed by atoms with Crippen LogP contribution in [0.2, 0.25) is 0 Å². The minimum atomic E-state index is -0.255. The van der Waals surface area contributed by atoms with Crippen molar-refractivity contribution in [3.63, 3.8) is 0 Å². The van der Waals surface area contributed by atoms with Gasteiger partial charge in [-0.25, -0.2) is 4.79 Å². The predicted molar refractivity (Wildman–Crippen MR) is 126 cm³/mol. The molecule has 1 aliphatic heterocycles. The van der Waals surface area contributed by atoms with E-state index >= 15 is 0 Å². The van der Waals surface area contributed by atoms with Crippen LogP contribution < -0.4 is 15.4 Å². The third-order valence-corrected chi connectivity index (χ3v) is 5.96. The summed E-state index contributed by atoms with van der Waals surface area (Å²) in [5.41, 5.74) is 3.19. The highest BCUT2D eigenvalue weighted by Crippen LogP contribution is 2.33. The van der Waals surface area contributed by atoms with E-state index in [9.17, 15) is 4.79 Å². The van der Waals surface area contributed by atoms with Crippen LogP contribution >= 0.6 is 0 Å². The SMILES string of the molecule is COc1ccc(C(NC(=O)NCC2CCCOC2c2ccccc2)c2ccccc2)cc1. The molecule has 2 amide bonds. The summed E-state index contributed by atoms with van der Waals surface area (Å²) >= 11 is 0. The zero-order chi connectivity index (χ0) is 22.2. The number of amides is 2. The summed E-state index contributed by atoms with van der Waals surface area (Å²) in [4.78, 5) is 12.9. The van der Waals surface area contributed by atoms with E-state index < -0.39 is 0 Å². The van der Waals surface area contributed by atoms with Crippen molar-refractivity contribution in [3.8, 4) is 5.75 Å². The van der Waals surface area contributed by atoms with Gasteiger partial charge in [0.25, 0.3) is 0 Å². The Balaban J connectivity index is 1.44. The minimum absolute atomic E-state index is 0.0109. The van der Waals surface area contributed by atoms with Crippen LogP contribution in [0.1, 0.15) is 41.7 Å². The topological polar surface area (TPSA) is 59.6 Å². The third-order valence-electron chi connectivity index (χ3n) is 5.96. The normalized spacial score (nSPS) is 19.0. The number of benzene rings is 3. The van der Waals surface area contributed by atoms with E-state index in [1.165, 1.54) is 5.56 Å². The number of carbonyl (C=O) groups excluding carboxylic acids is 1. The molecule has 3 aromatic carbocycles. The second-order valence-electron chi connectivity index (χ2n) is 8.08. The molecule has 0 bridgehead atoms. The van der Waals surface area contributed by atoms with E-state index in [4.69, 9.17) is 9.47 Å². The Hall–Kier alpha value is -3.31. The maximum atomic E-state index is 12.9. The summed E-state index contributed by atoms with van der Waals surface area (Å²) < 4.78 is 11.3. The monoisotopic (exact) mass is 430 g/mol. The summed E-state index contributed by atoms with van der Waals surface area (Å²) in [6.07, 6.45) is 2.05. The van der Waals surface area contributed by atoms with Crippen LogP contribution in [-0.2, 0) is 4.74 Å². The zero-order valence-electron chi connectivity index (χ0n) is 18.4. The fraction of sp³-hybridized carbons (Fsp3) is 0.296. The lowest BCUT2D eigenvalue weighted by Gasteiger charge is -2.32. The van der Waals surface area contributed by atoms with Crippen molar-refractivity contribution in [1.82, 2.24) is 10.6 Å². The number of hydrogen-bond donors (Lipinski definition) is 2. The van der Waals surface area contributed by atoms with Gasteiger partial charge in [-0.1, -0.05) is 72.8 Å². The number of hydrogen-bond acceptors (Lipinski definition) is 3. The van der Waals surface area contributed by atoms with Gasteiger partial charge in [0.1, 0.15) is 5.75 Å². The molecule has 0 spiro atoms. The minimum Gasteiger partial charge on any atom is -0.497 e. The molecule has 3 unspecified atom stereocenters. The molecule has 0 aromatic heterocycles. The first-order chi connectivity index (χ1) is 15.7. The molecule has 1 aliphatic rings. The molecule has 5 heteroatoms. The molecule has 2 N–H and O–H groups in total. The molecular weight excluding hydrogens is 400 g/mol. The van der Waals surface area contributed by atoms with Gasteiger partial charge in [-0.3, -0.25) is 0 Å². The molecule has 166 valence electrons. The molecular formula is C27H30N2O3. The van der Waals surface area contributed by atoms with Crippen LogP contribution in [0.5, 0.6) is 5.75 Å². The fourth-order valence-electron chi connectivity index (χ4n) is 4.27. The van der Waals surface area contributed by atoms with Gasteiger partial charge in [0.2, 0.25) is 0 Å². The van der Waals surface area contributed by atoms with Gasteiger partial charge in [0.15, 0.2) is 0 Å². The number of methoxy groups -OCH3 is 1. The molecule has 3 atom stereocenters. The van der Waals surface area contributed by atoms with Gasteiger partial charge in [-0.2, -0.15) is 0 Å². The van der Waals surface area contributed by atoms with E-state index in [1.54, 1.807) is 7.11 Å². The van der Waals surface area contributed by atoms with Crippen LogP contribution in [0.3, 0.4) is 0 Å². The molecule has 0 aliphatic carbocycles. The number of rotatable bonds is 7. The van der Waals surface area contributed by atoms with Crippen LogP contribution in [0, 0.1) is 5.92 Å². The molecule has 1 heterocycles. The Kier molecular flexibility index (Phi) is 7.41. The lowest BCUT2D eigenvalue weighted by molar-refractivity contribution is -0.0269. The van der Waals surface area contributed by atoms with Gasteiger partial charge in [-0.05, 0) is 41.7 Å². The summed E-state index contributed by atoms with van der Waals surface area (Å²) in [7, 11) is 1.65. The van der Waals surface area contributed by atoms with Crippen molar-refractivity contribution in [2.24, 2.45) is 5.92 Å². The Labute approximate surface area is 189 Å². The standard InChI is InChI=1S/C27H30N2O3/c1-31-24-16-14-21(15-17-24)25(20-9-4-2-5-10-20)29-27(30)28-19-23-13-8-18-32-26(23)22-11-6-3-7-12-22/h2-7,9-12,14-17,23,25-26H,8,13,18-19H2,1H3,(H2,28,29,30). The Morgan fingerprint density at radius 2 is 1.62 bits per heavy atom. The molecule has 0 radical (unpaired) electrons. The maximum absolute atomic E-state index is 12.9. The molecule has 0 saturated carbocycles. The van der Waals surface area contributed by atoms with E-state index in [-0.39, 0.29) is 24.1 Å². The zero-order valence-corrected chi connectivity index (χ0v) is 18.4. The molecule has 32 heavy (non-hydrogen) atoms. The van der Waals surface area contributed by atoms with Crippen LogP contribution in [-0.4, -0.2) is 26.3 Å². The van der Waals surface area contributed by atoms with Crippen LogP contribution in [0.15, 0.2) is 84.9 Å².